The van der Waals surface area contributed by atoms with E-state index in [1.54, 1.807) is 13.0 Å². The van der Waals surface area contributed by atoms with Crippen LogP contribution in [-0.4, -0.2) is 11.5 Å². The van der Waals surface area contributed by atoms with Gasteiger partial charge in [-0.05, 0) is 31.5 Å². The van der Waals surface area contributed by atoms with E-state index in [9.17, 15) is 10.1 Å². The standard InChI is InChI=1S/C10H12N2O2/c1-7-6-8(9-4-5-11-9)2-3-10(7)12(13)14/h2-3,6,9,11H,4-5H2,1H3. The number of hydrogen-bond acceptors (Lipinski definition) is 3. The number of aryl methyl sites for hydroxylation is 1. The highest BCUT2D eigenvalue weighted by Crippen LogP contribution is 2.27. The van der Waals surface area contributed by atoms with Crippen LogP contribution in [0.25, 0.3) is 0 Å². The van der Waals surface area contributed by atoms with Crippen LogP contribution in [0, 0.1) is 17.0 Å². The van der Waals surface area contributed by atoms with Gasteiger partial charge < -0.3 is 5.32 Å². The van der Waals surface area contributed by atoms with E-state index in [1.165, 1.54) is 0 Å². The van der Waals surface area contributed by atoms with Gasteiger partial charge >= 0.3 is 0 Å². The molecule has 0 saturated carbocycles. The predicted octanol–water partition coefficient (Wildman–Crippen LogP) is 1.94. The molecule has 1 unspecified atom stereocenters. The van der Waals surface area contributed by atoms with Gasteiger partial charge in [0.05, 0.1) is 4.92 Å². The fourth-order valence-electron chi connectivity index (χ4n) is 1.67. The van der Waals surface area contributed by atoms with E-state index >= 15 is 0 Å². The van der Waals surface area contributed by atoms with E-state index < -0.39 is 0 Å². The van der Waals surface area contributed by atoms with E-state index in [-0.39, 0.29) is 10.6 Å². The van der Waals surface area contributed by atoms with Crippen LogP contribution in [0.2, 0.25) is 0 Å². The van der Waals surface area contributed by atoms with Gasteiger partial charge in [-0.3, -0.25) is 10.1 Å². The van der Waals surface area contributed by atoms with Crippen LogP contribution < -0.4 is 5.32 Å². The Labute approximate surface area is 82.1 Å². The van der Waals surface area contributed by atoms with E-state index in [4.69, 9.17) is 0 Å². The van der Waals surface area contributed by atoms with Gasteiger partial charge in [0, 0.05) is 17.7 Å². The van der Waals surface area contributed by atoms with Crippen molar-refractivity contribution in [2.24, 2.45) is 0 Å². The minimum Gasteiger partial charge on any atom is -0.310 e. The number of nitrogens with one attached hydrogen (secondary N) is 1. The maximum atomic E-state index is 10.6. The summed E-state index contributed by atoms with van der Waals surface area (Å²) in [6, 6.07) is 5.72. The SMILES string of the molecule is Cc1cc(C2CCN2)ccc1[N+](=O)[O-]. The van der Waals surface area contributed by atoms with Gasteiger partial charge in [-0.2, -0.15) is 0 Å². The van der Waals surface area contributed by atoms with Gasteiger partial charge in [0.1, 0.15) is 0 Å². The second kappa shape index (κ2) is 3.38. The maximum absolute atomic E-state index is 10.6. The summed E-state index contributed by atoms with van der Waals surface area (Å²) >= 11 is 0. The average Bonchev–Trinajstić information content (AvgIpc) is 2.00. The molecule has 1 N–H and O–H groups in total. The highest BCUT2D eigenvalue weighted by atomic mass is 16.6. The van der Waals surface area contributed by atoms with Gasteiger partial charge in [0.25, 0.3) is 5.69 Å². The van der Waals surface area contributed by atoms with Gasteiger partial charge in [0.15, 0.2) is 0 Å². The third kappa shape index (κ3) is 1.48. The highest BCUT2D eigenvalue weighted by Gasteiger charge is 2.20. The van der Waals surface area contributed by atoms with Crippen LogP contribution in [0.5, 0.6) is 0 Å². The second-order valence-corrected chi connectivity index (χ2v) is 3.60. The van der Waals surface area contributed by atoms with E-state index in [0.717, 1.165) is 24.1 Å². The fourth-order valence-corrected chi connectivity index (χ4v) is 1.67. The molecule has 4 heteroatoms. The van der Waals surface area contributed by atoms with Crippen molar-refractivity contribution < 1.29 is 4.92 Å². The predicted molar refractivity (Wildman–Crippen MR) is 53.2 cm³/mol. The molecule has 2 rings (SSSR count). The molecule has 0 spiro atoms. The molecule has 0 aliphatic carbocycles. The van der Waals surface area contributed by atoms with Crippen LogP contribution in [0.15, 0.2) is 18.2 Å². The molecule has 4 nitrogen and oxygen atoms in total. The van der Waals surface area contributed by atoms with Crippen LogP contribution in [0.3, 0.4) is 0 Å². The Morgan fingerprint density at radius 1 is 1.57 bits per heavy atom. The molecule has 0 radical (unpaired) electrons. The molecule has 0 amide bonds. The third-order valence-electron chi connectivity index (χ3n) is 2.64. The summed E-state index contributed by atoms with van der Waals surface area (Å²) in [7, 11) is 0. The Balaban J connectivity index is 2.30. The van der Waals surface area contributed by atoms with Crippen molar-refractivity contribution >= 4 is 5.69 Å². The van der Waals surface area contributed by atoms with Gasteiger partial charge in [-0.15, -0.1) is 0 Å². The molecular weight excluding hydrogens is 180 g/mol. The molecule has 1 atom stereocenters. The summed E-state index contributed by atoms with van der Waals surface area (Å²) in [6.07, 6.45) is 1.12. The first-order valence-electron chi connectivity index (χ1n) is 4.67. The van der Waals surface area contributed by atoms with E-state index in [0.29, 0.717) is 6.04 Å². The van der Waals surface area contributed by atoms with Crippen molar-refractivity contribution in [2.75, 3.05) is 6.54 Å². The minimum atomic E-state index is -0.340. The summed E-state index contributed by atoms with van der Waals surface area (Å²) in [6.45, 7) is 2.82. The zero-order valence-corrected chi connectivity index (χ0v) is 7.99. The largest absolute Gasteiger partial charge is 0.310 e. The van der Waals surface area contributed by atoms with Crippen molar-refractivity contribution in [1.29, 1.82) is 0 Å². The summed E-state index contributed by atoms with van der Waals surface area (Å²) in [5.41, 5.74) is 2.09. The van der Waals surface area contributed by atoms with Crippen LogP contribution >= 0.6 is 0 Å². The molecule has 1 heterocycles. The molecular formula is C10H12N2O2. The number of nitro groups is 1. The first-order valence-corrected chi connectivity index (χ1v) is 4.67. The molecule has 1 saturated heterocycles. The average molecular weight is 192 g/mol. The molecule has 1 aromatic rings. The molecule has 1 aliphatic rings. The first kappa shape index (κ1) is 9.15. The summed E-state index contributed by atoms with van der Waals surface area (Å²) in [5, 5.41) is 13.8. The van der Waals surface area contributed by atoms with E-state index in [1.807, 2.05) is 12.1 Å². The Hall–Kier alpha value is -1.42. The lowest BCUT2D eigenvalue weighted by Crippen LogP contribution is -2.34. The lowest BCUT2D eigenvalue weighted by atomic mass is 9.96. The smallest absolute Gasteiger partial charge is 0.272 e. The first-order chi connectivity index (χ1) is 6.68. The zero-order valence-electron chi connectivity index (χ0n) is 7.99. The molecule has 0 aromatic heterocycles. The summed E-state index contributed by atoms with van der Waals surface area (Å²) < 4.78 is 0. The molecule has 1 fully saturated rings. The molecule has 1 aromatic carbocycles. The number of hydrogen-bond donors (Lipinski definition) is 1. The Kier molecular flexibility index (Phi) is 2.21. The monoisotopic (exact) mass is 192 g/mol. The van der Waals surface area contributed by atoms with Gasteiger partial charge in [-0.1, -0.05) is 6.07 Å². The molecule has 14 heavy (non-hydrogen) atoms. The third-order valence-corrected chi connectivity index (χ3v) is 2.64. The maximum Gasteiger partial charge on any atom is 0.272 e. The number of nitrogens with zero attached hydrogens (tertiary/aromatic N) is 1. The van der Waals surface area contributed by atoms with Gasteiger partial charge in [-0.25, -0.2) is 0 Å². The molecule has 74 valence electrons. The normalized spacial score (nSPS) is 20.2. The van der Waals surface area contributed by atoms with Crippen LogP contribution in [0.4, 0.5) is 5.69 Å². The lowest BCUT2D eigenvalue weighted by molar-refractivity contribution is -0.385. The topological polar surface area (TPSA) is 55.2 Å². The Bertz CT molecular complexity index is 372. The quantitative estimate of drug-likeness (QED) is 0.575. The van der Waals surface area contributed by atoms with E-state index in [2.05, 4.69) is 5.32 Å². The van der Waals surface area contributed by atoms with Gasteiger partial charge in [0.2, 0.25) is 0 Å². The Morgan fingerprint density at radius 2 is 2.29 bits per heavy atom. The van der Waals surface area contributed by atoms with Crippen molar-refractivity contribution in [3.05, 3.63) is 39.4 Å². The van der Waals surface area contributed by atoms with Crippen molar-refractivity contribution in [3.8, 4) is 0 Å². The van der Waals surface area contributed by atoms with Crippen molar-refractivity contribution in [2.45, 2.75) is 19.4 Å². The summed E-state index contributed by atoms with van der Waals surface area (Å²) in [5.74, 6) is 0. The second-order valence-electron chi connectivity index (χ2n) is 3.60. The van der Waals surface area contributed by atoms with Crippen molar-refractivity contribution in [1.82, 2.24) is 5.32 Å². The number of rotatable bonds is 2. The molecule has 1 aliphatic heterocycles. The van der Waals surface area contributed by atoms with Crippen LogP contribution in [-0.2, 0) is 0 Å². The number of benzene rings is 1. The fraction of sp³-hybridized carbons (Fsp3) is 0.400. The molecule has 0 bridgehead atoms. The number of nitro benzene ring substituents is 1. The summed E-state index contributed by atoms with van der Waals surface area (Å²) in [4.78, 5) is 10.2. The van der Waals surface area contributed by atoms with Crippen LogP contribution in [0.1, 0.15) is 23.6 Å². The minimum absolute atomic E-state index is 0.202. The highest BCUT2D eigenvalue weighted by molar-refractivity contribution is 5.43. The lowest BCUT2D eigenvalue weighted by Gasteiger charge is -2.28. The van der Waals surface area contributed by atoms with Crippen molar-refractivity contribution in [3.63, 3.8) is 0 Å². The zero-order chi connectivity index (χ0) is 10.1. The Morgan fingerprint density at radius 3 is 2.71 bits per heavy atom.